The molecule has 0 spiro atoms. The van der Waals surface area contributed by atoms with Gasteiger partial charge in [-0.3, -0.25) is 4.79 Å². The third-order valence-electron chi connectivity index (χ3n) is 2.78. The first-order chi connectivity index (χ1) is 9.72. The normalized spacial score (nSPS) is 13.0. The van der Waals surface area contributed by atoms with Crippen LogP contribution in [-0.4, -0.2) is 30.0 Å². The molecule has 1 heterocycles. The Kier molecular flexibility index (Phi) is 6.04. The lowest BCUT2D eigenvalue weighted by molar-refractivity contribution is -0.0135. The topological polar surface area (TPSA) is 65.5 Å². The lowest BCUT2D eigenvalue weighted by Crippen LogP contribution is -2.21. The van der Waals surface area contributed by atoms with Crippen molar-refractivity contribution >= 4 is 23.1 Å². The molecule has 0 aliphatic carbocycles. The maximum Gasteiger partial charge on any atom is 0.358 e. The highest BCUT2D eigenvalue weighted by Gasteiger charge is 2.33. The summed E-state index contributed by atoms with van der Waals surface area (Å²) < 4.78 is 10.7. The van der Waals surface area contributed by atoms with Gasteiger partial charge in [0.05, 0.1) is 6.61 Å². The van der Waals surface area contributed by atoms with Gasteiger partial charge in [-0.2, -0.15) is 0 Å². The highest BCUT2D eigenvalue weighted by molar-refractivity contribution is 7.14. The van der Waals surface area contributed by atoms with Crippen LogP contribution >= 0.6 is 11.3 Å². The van der Waals surface area contributed by atoms with E-state index in [0.717, 1.165) is 0 Å². The summed E-state index contributed by atoms with van der Waals surface area (Å²) in [5, 5.41) is 0.637. The molecule has 5 nitrogen and oxygen atoms in total. The Labute approximate surface area is 129 Å². The van der Waals surface area contributed by atoms with Crippen molar-refractivity contribution in [2.45, 2.75) is 47.6 Å². The van der Waals surface area contributed by atoms with Crippen molar-refractivity contribution in [3.63, 3.8) is 0 Å². The van der Waals surface area contributed by atoms with Gasteiger partial charge in [0.25, 0.3) is 0 Å². The second-order valence-corrected chi connectivity index (χ2v) is 6.74. The molecule has 0 aliphatic rings. The molecule has 0 fully saturated rings. The Bertz CT molecular complexity index is 516. The van der Waals surface area contributed by atoms with Crippen LogP contribution in [0.1, 0.15) is 72.8 Å². The van der Waals surface area contributed by atoms with Crippen molar-refractivity contribution in [3.8, 4) is 0 Å². The number of hydrogen-bond donors (Lipinski definition) is 0. The third kappa shape index (κ3) is 4.35. The summed E-state index contributed by atoms with van der Waals surface area (Å²) in [6.07, 6.45) is -0.270. The van der Waals surface area contributed by atoms with E-state index in [-0.39, 0.29) is 29.6 Å². The van der Waals surface area contributed by atoms with Crippen LogP contribution in [0.4, 0.5) is 0 Å². The minimum atomic E-state index is -0.561. The molecule has 1 rings (SSSR count). The first-order valence-corrected chi connectivity index (χ1v) is 7.84. The van der Waals surface area contributed by atoms with Crippen LogP contribution in [0.2, 0.25) is 0 Å². The zero-order valence-electron chi connectivity index (χ0n) is 13.5. The van der Waals surface area contributed by atoms with Gasteiger partial charge in [-0.15, -0.1) is 11.3 Å². The van der Waals surface area contributed by atoms with E-state index in [1.54, 1.807) is 6.92 Å². The van der Waals surface area contributed by atoms with Gasteiger partial charge in [-0.1, -0.05) is 20.8 Å². The molecule has 1 unspecified atom stereocenters. The average Bonchev–Trinajstić information content (AvgIpc) is 2.79. The Balaban J connectivity index is 3.28. The van der Waals surface area contributed by atoms with Crippen molar-refractivity contribution in [1.82, 2.24) is 4.98 Å². The molecule has 21 heavy (non-hydrogen) atoms. The molecule has 0 N–H and O–H groups in total. The molecule has 0 radical (unpaired) electrons. The van der Waals surface area contributed by atoms with Crippen molar-refractivity contribution in [2.75, 3.05) is 13.2 Å². The molecular formula is C15H23NO4S. The van der Waals surface area contributed by atoms with Crippen LogP contribution < -0.4 is 0 Å². The van der Waals surface area contributed by atoms with E-state index >= 15 is 0 Å². The molecule has 0 aliphatic heterocycles. The van der Waals surface area contributed by atoms with E-state index in [4.69, 9.17) is 9.47 Å². The third-order valence-corrected chi connectivity index (χ3v) is 3.98. The van der Waals surface area contributed by atoms with E-state index < -0.39 is 5.97 Å². The molecule has 0 saturated heterocycles. The molecule has 1 aromatic heterocycles. The summed E-state index contributed by atoms with van der Waals surface area (Å²) in [5.74, 6) is -0.750. The number of nitrogens with zero attached hydrogens (tertiary/aromatic N) is 1. The number of carbonyl (C=O) groups excluding carboxylic acids is 2. The molecular weight excluding hydrogens is 290 g/mol. The monoisotopic (exact) mass is 313 g/mol. The summed E-state index contributed by atoms with van der Waals surface area (Å²) in [4.78, 5) is 28.3. The molecule has 1 atom stereocenters. The van der Waals surface area contributed by atoms with Gasteiger partial charge in [0.2, 0.25) is 0 Å². The molecule has 0 bridgehead atoms. The fourth-order valence-corrected chi connectivity index (χ4v) is 3.13. The van der Waals surface area contributed by atoms with Crippen LogP contribution in [-0.2, 0) is 9.47 Å². The Hall–Kier alpha value is -1.27. The minimum absolute atomic E-state index is 0.0957. The smallest absolute Gasteiger partial charge is 0.358 e. The largest absolute Gasteiger partial charge is 0.461 e. The van der Waals surface area contributed by atoms with Crippen molar-refractivity contribution in [1.29, 1.82) is 0 Å². The van der Waals surface area contributed by atoms with E-state index in [1.165, 1.54) is 18.3 Å². The van der Waals surface area contributed by atoms with Gasteiger partial charge in [-0.05, 0) is 19.3 Å². The maximum absolute atomic E-state index is 11.9. The van der Waals surface area contributed by atoms with E-state index in [1.807, 2.05) is 27.7 Å². The Morgan fingerprint density at radius 3 is 2.29 bits per heavy atom. The number of ether oxygens (including phenoxy) is 2. The first kappa shape index (κ1) is 17.8. The second kappa shape index (κ2) is 7.13. The molecule has 6 heteroatoms. The average molecular weight is 313 g/mol. The van der Waals surface area contributed by atoms with E-state index in [9.17, 15) is 9.59 Å². The number of ketones is 1. The standard InChI is InChI=1S/C15H23NO4S/c1-7-19-12(15(4,5)6)13-16-10(14(18)20-8-2)11(21-13)9(3)17/h12H,7-8H2,1-6H3. The summed E-state index contributed by atoms with van der Waals surface area (Å²) in [6.45, 7) is 11.9. The molecule has 1 aromatic rings. The first-order valence-electron chi connectivity index (χ1n) is 7.02. The number of Topliss-reactive ketones (excluding diaryl/α,β-unsaturated/α-hetero) is 1. The fourth-order valence-electron chi connectivity index (χ4n) is 1.88. The van der Waals surface area contributed by atoms with Gasteiger partial charge in [0.15, 0.2) is 11.5 Å². The Morgan fingerprint density at radius 1 is 1.24 bits per heavy atom. The zero-order chi connectivity index (χ0) is 16.2. The quantitative estimate of drug-likeness (QED) is 0.592. The molecule has 0 amide bonds. The lowest BCUT2D eigenvalue weighted by atomic mass is 9.89. The van der Waals surface area contributed by atoms with Gasteiger partial charge in [0.1, 0.15) is 16.0 Å². The summed E-state index contributed by atoms with van der Waals surface area (Å²) in [5.41, 5.74) is -0.0910. The van der Waals surface area contributed by atoms with Gasteiger partial charge < -0.3 is 9.47 Å². The van der Waals surface area contributed by atoms with Crippen molar-refractivity contribution in [3.05, 3.63) is 15.6 Å². The van der Waals surface area contributed by atoms with E-state index in [2.05, 4.69) is 4.98 Å². The number of thiazole rings is 1. The maximum atomic E-state index is 11.9. The number of carbonyl (C=O) groups is 2. The van der Waals surface area contributed by atoms with Gasteiger partial charge in [-0.25, -0.2) is 9.78 Å². The number of rotatable bonds is 6. The predicted octanol–water partition coefficient (Wildman–Crippen LogP) is 3.65. The Morgan fingerprint density at radius 2 is 1.86 bits per heavy atom. The predicted molar refractivity (Wildman–Crippen MR) is 81.9 cm³/mol. The SMILES string of the molecule is CCOC(=O)c1nc(C(OCC)C(C)(C)C)sc1C(C)=O. The highest BCUT2D eigenvalue weighted by atomic mass is 32.1. The summed E-state index contributed by atoms with van der Waals surface area (Å²) >= 11 is 1.21. The molecule has 0 saturated carbocycles. The number of aromatic nitrogens is 1. The van der Waals surface area contributed by atoms with Crippen LogP contribution in [0, 0.1) is 5.41 Å². The highest BCUT2D eigenvalue weighted by Crippen LogP contribution is 2.39. The summed E-state index contributed by atoms with van der Waals surface area (Å²) in [7, 11) is 0. The second-order valence-electron chi connectivity index (χ2n) is 5.71. The summed E-state index contributed by atoms with van der Waals surface area (Å²) in [6, 6.07) is 0. The molecule has 118 valence electrons. The zero-order valence-corrected chi connectivity index (χ0v) is 14.3. The van der Waals surface area contributed by atoms with Crippen molar-refractivity contribution in [2.24, 2.45) is 5.41 Å². The minimum Gasteiger partial charge on any atom is -0.461 e. The lowest BCUT2D eigenvalue weighted by Gasteiger charge is -2.28. The van der Waals surface area contributed by atoms with Crippen LogP contribution in [0.25, 0.3) is 0 Å². The van der Waals surface area contributed by atoms with Crippen molar-refractivity contribution < 1.29 is 19.1 Å². The number of esters is 1. The van der Waals surface area contributed by atoms with Crippen LogP contribution in [0.15, 0.2) is 0 Å². The van der Waals surface area contributed by atoms with E-state index in [0.29, 0.717) is 16.5 Å². The molecule has 0 aromatic carbocycles. The van der Waals surface area contributed by atoms with Gasteiger partial charge in [0, 0.05) is 13.5 Å². The fraction of sp³-hybridized carbons (Fsp3) is 0.667. The van der Waals surface area contributed by atoms with Gasteiger partial charge >= 0.3 is 5.97 Å². The van der Waals surface area contributed by atoms with Crippen LogP contribution in [0.5, 0.6) is 0 Å². The van der Waals surface area contributed by atoms with Crippen LogP contribution in [0.3, 0.4) is 0 Å². The number of hydrogen-bond acceptors (Lipinski definition) is 6.